The number of carbonyl (C=O) groups excluding carboxylic acids is 1. The molecule has 0 radical (unpaired) electrons. The van der Waals surface area contributed by atoms with Gasteiger partial charge in [-0.3, -0.25) is 4.79 Å². The number of nitrogens with one attached hydrogen (secondary N) is 1. The molecule has 1 aromatic heterocycles. The normalized spacial score (nSPS) is 15.3. The van der Waals surface area contributed by atoms with Crippen LogP contribution in [0.25, 0.3) is 0 Å². The minimum atomic E-state index is -0.232. The number of hydrogen-bond donors (Lipinski definition) is 1. The molecule has 1 unspecified atom stereocenters. The summed E-state index contributed by atoms with van der Waals surface area (Å²) in [6, 6.07) is 6.44. The van der Waals surface area contributed by atoms with Gasteiger partial charge >= 0.3 is 0 Å². The van der Waals surface area contributed by atoms with Crippen LogP contribution in [0.3, 0.4) is 0 Å². The van der Waals surface area contributed by atoms with E-state index >= 15 is 0 Å². The Hall–Kier alpha value is -1.46. The SMILES string of the molecule is CC(NC(=O)c1nnc(Cl)s1)c1ccc2c(c1)CCCC2. The lowest BCUT2D eigenvalue weighted by atomic mass is 9.89. The highest BCUT2D eigenvalue weighted by Gasteiger charge is 2.17. The molecule has 1 aliphatic carbocycles. The first-order valence-electron chi connectivity index (χ1n) is 7.05. The highest BCUT2D eigenvalue weighted by atomic mass is 35.5. The first-order valence-corrected chi connectivity index (χ1v) is 8.24. The molecule has 1 heterocycles. The van der Waals surface area contributed by atoms with Crippen LogP contribution >= 0.6 is 22.9 Å². The Balaban J connectivity index is 1.73. The number of fused-ring (bicyclic) bond motifs is 1. The maximum Gasteiger partial charge on any atom is 0.282 e. The van der Waals surface area contributed by atoms with Crippen molar-refractivity contribution in [2.24, 2.45) is 0 Å². The van der Waals surface area contributed by atoms with Crippen LogP contribution in [0.15, 0.2) is 18.2 Å². The molecule has 6 heteroatoms. The first-order chi connectivity index (χ1) is 10.1. The maximum absolute atomic E-state index is 12.1. The summed E-state index contributed by atoms with van der Waals surface area (Å²) in [6.45, 7) is 1.98. The summed E-state index contributed by atoms with van der Waals surface area (Å²) >= 11 is 6.79. The van der Waals surface area contributed by atoms with Gasteiger partial charge in [-0.2, -0.15) is 0 Å². The van der Waals surface area contributed by atoms with E-state index in [-0.39, 0.29) is 16.4 Å². The third-order valence-electron chi connectivity index (χ3n) is 3.81. The van der Waals surface area contributed by atoms with E-state index in [4.69, 9.17) is 11.6 Å². The van der Waals surface area contributed by atoms with Gasteiger partial charge in [0, 0.05) is 0 Å². The Morgan fingerprint density at radius 3 is 2.76 bits per heavy atom. The van der Waals surface area contributed by atoms with E-state index in [0.717, 1.165) is 23.3 Å². The fraction of sp³-hybridized carbons (Fsp3) is 0.400. The monoisotopic (exact) mass is 321 g/mol. The second-order valence-corrected chi connectivity index (χ2v) is 6.85. The predicted octanol–water partition coefficient (Wildman–Crippen LogP) is 3.56. The quantitative estimate of drug-likeness (QED) is 0.940. The fourth-order valence-corrected chi connectivity index (χ4v) is 3.39. The standard InChI is InChI=1S/C15H16ClN3OS/c1-9(17-13(20)14-18-19-15(16)21-14)11-7-6-10-4-2-3-5-12(10)8-11/h6-9H,2-5H2,1H3,(H,17,20). The summed E-state index contributed by atoms with van der Waals surface area (Å²) in [4.78, 5) is 12.1. The number of hydrogen-bond acceptors (Lipinski definition) is 4. The molecule has 3 rings (SSSR count). The molecule has 1 aliphatic rings. The van der Waals surface area contributed by atoms with Gasteiger partial charge in [0.1, 0.15) is 0 Å². The summed E-state index contributed by atoms with van der Waals surface area (Å²) in [5, 5.41) is 10.6. The maximum atomic E-state index is 12.1. The molecule has 21 heavy (non-hydrogen) atoms. The van der Waals surface area contributed by atoms with Crippen molar-refractivity contribution in [3.8, 4) is 0 Å². The van der Waals surface area contributed by atoms with Crippen LogP contribution in [0.1, 0.15) is 52.3 Å². The van der Waals surface area contributed by atoms with Crippen LogP contribution in [0.5, 0.6) is 0 Å². The predicted molar refractivity (Wildman–Crippen MR) is 83.9 cm³/mol. The van der Waals surface area contributed by atoms with Crippen molar-refractivity contribution in [3.63, 3.8) is 0 Å². The molecular weight excluding hydrogens is 306 g/mol. The Bertz CT molecular complexity index is 671. The molecule has 4 nitrogen and oxygen atoms in total. The molecule has 0 bridgehead atoms. The number of halogens is 1. The van der Waals surface area contributed by atoms with Crippen LogP contribution in [-0.2, 0) is 12.8 Å². The number of nitrogens with zero attached hydrogens (tertiary/aromatic N) is 2. The van der Waals surface area contributed by atoms with Crippen LogP contribution < -0.4 is 5.32 Å². The molecule has 0 spiro atoms. The zero-order valence-corrected chi connectivity index (χ0v) is 13.3. The molecule has 110 valence electrons. The smallest absolute Gasteiger partial charge is 0.282 e. The summed E-state index contributed by atoms with van der Waals surface area (Å²) in [7, 11) is 0. The first kappa shape index (κ1) is 14.5. The molecule has 1 aromatic carbocycles. The van der Waals surface area contributed by atoms with Gasteiger partial charge in [-0.1, -0.05) is 29.5 Å². The second-order valence-electron chi connectivity index (χ2n) is 5.29. The summed E-state index contributed by atoms with van der Waals surface area (Å²) in [5.74, 6) is -0.232. The van der Waals surface area contributed by atoms with Crippen molar-refractivity contribution in [2.45, 2.75) is 38.6 Å². The molecule has 1 amide bonds. The topological polar surface area (TPSA) is 54.9 Å². The van der Waals surface area contributed by atoms with E-state index in [2.05, 4.69) is 33.7 Å². The second kappa shape index (κ2) is 6.12. The van der Waals surface area contributed by atoms with Gasteiger partial charge < -0.3 is 5.32 Å². The Labute approximate surface area is 132 Å². The van der Waals surface area contributed by atoms with E-state index < -0.39 is 0 Å². The third kappa shape index (κ3) is 3.24. The molecule has 0 saturated heterocycles. The minimum Gasteiger partial charge on any atom is -0.343 e. The number of amides is 1. The van der Waals surface area contributed by atoms with E-state index in [1.807, 2.05) is 6.92 Å². The Morgan fingerprint density at radius 1 is 1.29 bits per heavy atom. The van der Waals surface area contributed by atoms with Crippen LogP contribution in [0, 0.1) is 0 Å². The van der Waals surface area contributed by atoms with E-state index in [9.17, 15) is 4.79 Å². The van der Waals surface area contributed by atoms with Crippen molar-refractivity contribution >= 4 is 28.8 Å². The van der Waals surface area contributed by atoms with E-state index in [0.29, 0.717) is 5.01 Å². The summed E-state index contributed by atoms with van der Waals surface area (Å²) in [5.41, 5.74) is 3.98. The van der Waals surface area contributed by atoms with Gasteiger partial charge in [0.2, 0.25) is 9.47 Å². The Kier molecular flexibility index (Phi) is 4.22. The number of aryl methyl sites for hydroxylation is 2. The number of carbonyl (C=O) groups is 1. The van der Waals surface area contributed by atoms with Crippen LogP contribution in [0.4, 0.5) is 0 Å². The van der Waals surface area contributed by atoms with Gasteiger partial charge in [-0.15, -0.1) is 10.2 Å². The average Bonchev–Trinajstić information content (AvgIpc) is 2.93. The van der Waals surface area contributed by atoms with Crippen molar-refractivity contribution in [3.05, 3.63) is 44.4 Å². The van der Waals surface area contributed by atoms with Crippen molar-refractivity contribution in [1.29, 1.82) is 0 Å². The molecule has 0 fully saturated rings. The van der Waals surface area contributed by atoms with E-state index in [1.165, 1.54) is 30.4 Å². The summed E-state index contributed by atoms with van der Waals surface area (Å²) < 4.78 is 0.279. The zero-order chi connectivity index (χ0) is 14.8. The summed E-state index contributed by atoms with van der Waals surface area (Å²) in [6.07, 6.45) is 4.83. The van der Waals surface area contributed by atoms with Crippen molar-refractivity contribution in [2.75, 3.05) is 0 Å². The highest BCUT2D eigenvalue weighted by Crippen LogP contribution is 2.25. The van der Waals surface area contributed by atoms with E-state index in [1.54, 1.807) is 0 Å². The number of rotatable bonds is 3. The van der Waals surface area contributed by atoms with Gasteiger partial charge in [-0.25, -0.2) is 0 Å². The molecule has 0 saturated carbocycles. The molecule has 0 aliphatic heterocycles. The van der Waals surface area contributed by atoms with Crippen molar-refractivity contribution < 1.29 is 4.79 Å². The van der Waals surface area contributed by atoms with Gasteiger partial charge in [0.15, 0.2) is 0 Å². The molecular formula is C15H16ClN3OS. The van der Waals surface area contributed by atoms with Gasteiger partial charge in [0.25, 0.3) is 5.91 Å². The number of benzene rings is 1. The highest BCUT2D eigenvalue weighted by molar-refractivity contribution is 7.17. The Morgan fingerprint density at radius 2 is 2.05 bits per heavy atom. The number of aromatic nitrogens is 2. The molecule has 1 N–H and O–H groups in total. The molecule has 1 atom stereocenters. The van der Waals surface area contributed by atoms with Crippen LogP contribution in [-0.4, -0.2) is 16.1 Å². The molecule has 2 aromatic rings. The lowest BCUT2D eigenvalue weighted by Gasteiger charge is -2.19. The average molecular weight is 322 g/mol. The van der Waals surface area contributed by atoms with Gasteiger partial charge in [-0.05, 0) is 60.9 Å². The largest absolute Gasteiger partial charge is 0.343 e. The van der Waals surface area contributed by atoms with Crippen LogP contribution in [0.2, 0.25) is 4.47 Å². The fourth-order valence-electron chi connectivity index (χ4n) is 2.66. The minimum absolute atomic E-state index is 0.0626. The third-order valence-corrected chi connectivity index (χ3v) is 4.83. The lowest BCUT2D eigenvalue weighted by Crippen LogP contribution is -2.26. The van der Waals surface area contributed by atoms with Crippen molar-refractivity contribution in [1.82, 2.24) is 15.5 Å². The van der Waals surface area contributed by atoms with Gasteiger partial charge in [0.05, 0.1) is 6.04 Å². The lowest BCUT2D eigenvalue weighted by molar-refractivity contribution is 0.0938. The zero-order valence-electron chi connectivity index (χ0n) is 11.7.